The summed E-state index contributed by atoms with van der Waals surface area (Å²) >= 11 is 4.32. The number of nitrogens with one attached hydrogen (secondary N) is 2. The molecule has 0 aliphatic heterocycles. The van der Waals surface area contributed by atoms with E-state index in [9.17, 15) is 19.2 Å². The number of hydrogen-bond acceptors (Lipinski definition) is 7. The Morgan fingerprint density at radius 1 is 1.03 bits per heavy atom. The minimum Gasteiger partial charge on any atom is -0.468 e. The number of esters is 1. The van der Waals surface area contributed by atoms with Gasteiger partial charge in [0.15, 0.2) is 0 Å². The van der Waals surface area contributed by atoms with Gasteiger partial charge in [0.05, 0.1) is 7.11 Å². The number of alkyl carbamates (subject to hydrolysis) is 1. The van der Waals surface area contributed by atoms with Crippen LogP contribution in [0.15, 0.2) is 18.2 Å². The van der Waals surface area contributed by atoms with Crippen LogP contribution in [0.25, 0.3) is 0 Å². The highest BCUT2D eigenvalue weighted by molar-refractivity contribution is 7.80. The molecule has 3 amide bonds. The van der Waals surface area contributed by atoms with Crippen molar-refractivity contribution in [1.82, 2.24) is 15.5 Å². The number of nitrogens with zero attached hydrogens (tertiary/aromatic N) is 1. The van der Waals surface area contributed by atoms with Crippen LogP contribution in [-0.4, -0.2) is 66.4 Å². The van der Waals surface area contributed by atoms with Crippen molar-refractivity contribution in [2.45, 2.75) is 91.3 Å². The van der Waals surface area contributed by atoms with E-state index in [2.05, 4.69) is 34.9 Å². The molecule has 0 radical (unpaired) electrons. The summed E-state index contributed by atoms with van der Waals surface area (Å²) in [7, 11) is 1.24. The zero-order valence-electron chi connectivity index (χ0n) is 23.9. The smallest absolute Gasteiger partial charge is 0.408 e. The number of benzene rings is 1. The lowest BCUT2D eigenvalue weighted by atomic mass is 9.93. The number of carbonyl (C=O) groups is 4. The van der Waals surface area contributed by atoms with E-state index in [0.29, 0.717) is 12.0 Å². The van der Waals surface area contributed by atoms with Crippen LogP contribution in [0.1, 0.15) is 82.5 Å². The Hall–Kier alpha value is -2.75. The number of unbranched alkanes of at least 4 members (excludes halogenated alkanes) is 4. The number of ether oxygens (including phenoxy) is 2. The van der Waals surface area contributed by atoms with E-state index in [0.717, 1.165) is 36.8 Å². The first-order chi connectivity index (χ1) is 17.9. The van der Waals surface area contributed by atoms with Crippen molar-refractivity contribution in [2.24, 2.45) is 0 Å². The molecule has 1 aromatic rings. The third-order valence-corrected chi connectivity index (χ3v) is 6.33. The Kier molecular flexibility index (Phi) is 14.2. The highest BCUT2D eigenvalue weighted by atomic mass is 32.1. The predicted octanol–water partition coefficient (Wildman–Crippen LogP) is 4.26. The molecule has 0 spiro atoms. The summed E-state index contributed by atoms with van der Waals surface area (Å²) in [6.45, 7) is 11.0. The van der Waals surface area contributed by atoms with Gasteiger partial charge in [0.2, 0.25) is 11.8 Å². The SMILES string of the molecule is CCCCCCCN(C(=O)C(CS)NC(=O)OC(C)(C)C)C(C(=O)NCC(=O)OC)c1c(C)cccc1C. The first kappa shape index (κ1) is 33.3. The molecule has 10 heteroatoms. The molecule has 0 aromatic heterocycles. The molecular weight excluding hydrogens is 506 g/mol. The molecular formula is C28H45N3O6S. The van der Waals surface area contributed by atoms with Gasteiger partial charge in [-0.3, -0.25) is 14.4 Å². The minimum atomic E-state index is -1.03. The molecule has 38 heavy (non-hydrogen) atoms. The normalized spacial score (nSPS) is 12.7. The van der Waals surface area contributed by atoms with Gasteiger partial charge in [0, 0.05) is 12.3 Å². The summed E-state index contributed by atoms with van der Waals surface area (Å²) in [4.78, 5) is 53.4. The van der Waals surface area contributed by atoms with Crippen molar-refractivity contribution >= 4 is 36.5 Å². The zero-order chi connectivity index (χ0) is 28.9. The number of carbonyl (C=O) groups excluding carboxylic acids is 4. The zero-order valence-corrected chi connectivity index (χ0v) is 24.8. The van der Waals surface area contributed by atoms with Gasteiger partial charge in [0.25, 0.3) is 0 Å². The van der Waals surface area contributed by atoms with E-state index < -0.39 is 41.6 Å². The molecule has 2 unspecified atom stereocenters. The molecule has 0 saturated heterocycles. The second-order valence-electron chi connectivity index (χ2n) is 10.3. The molecule has 0 saturated carbocycles. The molecule has 214 valence electrons. The Bertz CT molecular complexity index is 927. The fraction of sp³-hybridized carbons (Fsp3) is 0.643. The maximum atomic E-state index is 14.0. The summed E-state index contributed by atoms with van der Waals surface area (Å²) in [5.41, 5.74) is 1.58. The maximum Gasteiger partial charge on any atom is 0.408 e. The topological polar surface area (TPSA) is 114 Å². The number of methoxy groups -OCH3 is 1. The number of hydrogen-bond donors (Lipinski definition) is 3. The van der Waals surface area contributed by atoms with Crippen LogP contribution in [-0.2, 0) is 23.9 Å². The molecule has 2 atom stereocenters. The molecule has 9 nitrogen and oxygen atoms in total. The van der Waals surface area contributed by atoms with Crippen LogP contribution in [0.4, 0.5) is 4.79 Å². The van der Waals surface area contributed by atoms with Crippen molar-refractivity contribution in [3.05, 3.63) is 34.9 Å². The third kappa shape index (κ3) is 10.9. The summed E-state index contributed by atoms with van der Waals surface area (Å²) in [5, 5.41) is 5.24. The van der Waals surface area contributed by atoms with E-state index in [1.807, 2.05) is 32.0 Å². The Balaban J connectivity index is 3.47. The lowest BCUT2D eigenvalue weighted by molar-refractivity contribution is -0.144. The summed E-state index contributed by atoms with van der Waals surface area (Å²) < 4.78 is 10.0. The van der Waals surface area contributed by atoms with E-state index in [1.165, 1.54) is 12.0 Å². The van der Waals surface area contributed by atoms with Crippen LogP contribution >= 0.6 is 12.6 Å². The standard InChI is InChI=1S/C28H45N3O6S/c1-8-9-10-11-12-16-31(26(34)21(18-38)30-27(35)37-28(4,5)6)24(25(33)29-17-22(32)36-7)23-19(2)14-13-15-20(23)3/h13-15,21,24,38H,8-12,16-18H2,1-7H3,(H,29,33)(H,30,35). The summed E-state index contributed by atoms with van der Waals surface area (Å²) in [5.74, 6) is -1.56. The van der Waals surface area contributed by atoms with Crippen LogP contribution in [0, 0.1) is 13.8 Å². The average molecular weight is 552 g/mol. The van der Waals surface area contributed by atoms with Gasteiger partial charge in [-0.25, -0.2) is 4.79 Å². The Labute approximate surface area is 232 Å². The largest absolute Gasteiger partial charge is 0.468 e. The van der Waals surface area contributed by atoms with Gasteiger partial charge in [0.1, 0.15) is 24.2 Å². The van der Waals surface area contributed by atoms with E-state index in [-0.39, 0.29) is 18.8 Å². The molecule has 2 N–H and O–H groups in total. The van der Waals surface area contributed by atoms with Gasteiger partial charge in [-0.2, -0.15) is 12.6 Å². The molecule has 1 aromatic carbocycles. The van der Waals surface area contributed by atoms with Crippen molar-refractivity contribution in [1.29, 1.82) is 0 Å². The molecule has 0 heterocycles. The predicted molar refractivity (Wildman–Crippen MR) is 151 cm³/mol. The highest BCUT2D eigenvalue weighted by Crippen LogP contribution is 2.29. The second-order valence-corrected chi connectivity index (χ2v) is 10.7. The van der Waals surface area contributed by atoms with Crippen molar-refractivity contribution in [2.75, 3.05) is 26.0 Å². The molecule has 0 aliphatic rings. The second kappa shape index (κ2) is 16.3. The van der Waals surface area contributed by atoms with E-state index >= 15 is 0 Å². The van der Waals surface area contributed by atoms with Crippen LogP contribution < -0.4 is 10.6 Å². The summed E-state index contributed by atoms with van der Waals surface area (Å²) in [6, 6.07) is 3.59. The Morgan fingerprint density at radius 3 is 2.16 bits per heavy atom. The number of thiol groups is 1. The minimum absolute atomic E-state index is 0.00760. The lowest BCUT2D eigenvalue weighted by Gasteiger charge is -2.35. The van der Waals surface area contributed by atoms with Crippen molar-refractivity contribution in [3.8, 4) is 0 Å². The average Bonchev–Trinajstić information content (AvgIpc) is 2.84. The third-order valence-electron chi connectivity index (χ3n) is 5.97. The van der Waals surface area contributed by atoms with Gasteiger partial charge in [-0.05, 0) is 57.7 Å². The van der Waals surface area contributed by atoms with Gasteiger partial charge in [-0.1, -0.05) is 50.8 Å². The van der Waals surface area contributed by atoms with Crippen molar-refractivity contribution in [3.63, 3.8) is 0 Å². The lowest BCUT2D eigenvalue weighted by Crippen LogP contribution is -2.54. The first-order valence-corrected chi connectivity index (χ1v) is 13.8. The van der Waals surface area contributed by atoms with Crippen molar-refractivity contribution < 1.29 is 28.7 Å². The molecule has 1 rings (SSSR count). The van der Waals surface area contributed by atoms with Gasteiger partial charge in [-0.15, -0.1) is 0 Å². The molecule has 0 aliphatic carbocycles. The fourth-order valence-corrected chi connectivity index (χ4v) is 4.35. The van der Waals surface area contributed by atoms with Gasteiger partial charge < -0.3 is 25.0 Å². The number of aryl methyl sites for hydroxylation is 2. The summed E-state index contributed by atoms with van der Waals surface area (Å²) in [6.07, 6.45) is 3.97. The Morgan fingerprint density at radius 2 is 1.63 bits per heavy atom. The van der Waals surface area contributed by atoms with E-state index in [1.54, 1.807) is 20.8 Å². The maximum absolute atomic E-state index is 14.0. The first-order valence-electron chi connectivity index (χ1n) is 13.2. The van der Waals surface area contributed by atoms with Crippen LogP contribution in [0.5, 0.6) is 0 Å². The monoisotopic (exact) mass is 551 g/mol. The molecule has 0 fully saturated rings. The number of amides is 3. The quantitative estimate of drug-likeness (QED) is 0.181. The van der Waals surface area contributed by atoms with Crippen LogP contribution in [0.3, 0.4) is 0 Å². The highest BCUT2D eigenvalue weighted by Gasteiger charge is 2.37. The van der Waals surface area contributed by atoms with E-state index in [4.69, 9.17) is 4.74 Å². The van der Waals surface area contributed by atoms with Crippen LogP contribution in [0.2, 0.25) is 0 Å². The fourth-order valence-electron chi connectivity index (χ4n) is 4.10. The van der Waals surface area contributed by atoms with Gasteiger partial charge >= 0.3 is 12.1 Å². The number of rotatable bonds is 14. The molecule has 0 bridgehead atoms.